The molecule has 0 saturated carbocycles. The third kappa shape index (κ3) is 7.88. The van der Waals surface area contributed by atoms with Gasteiger partial charge in [0.15, 0.2) is 11.5 Å². The standard InChI is InChI=1S/C35H46N2O4/c1-39-34-24-32(29-12-11-28-23-30(38)14-13-27(28)22-29)33(25-35(34)40-2)36-17-7-8-26-9-15-31(16-10-26)41-21-20-37-18-5-3-4-6-19-37/h9-10,13-16,23-25,29,36,38H,3-8,11-12,17-22H2,1-2H3. The first-order valence-electron chi connectivity index (χ1n) is 15.4. The number of methoxy groups -OCH3 is 2. The van der Waals surface area contributed by atoms with Crippen LogP contribution in [0.4, 0.5) is 5.69 Å². The van der Waals surface area contributed by atoms with Gasteiger partial charge in [-0.15, -0.1) is 0 Å². The lowest BCUT2D eigenvalue weighted by Crippen LogP contribution is -2.29. The number of aryl methyl sites for hydroxylation is 2. The number of rotatable bonds is 12. The van der Waals surface area contributed by atoms with Crippen molar-refractivity contribution in [2.24, 2.45) is 0 Å². The first-order chi connectivity index (χ1) is 20.1. The second-order valence-corrected chi connectivity index (χ2v) is 11.5. The zero-order chi connectivity index (χ0) is 28.4. The van der Waals surface area contributed by atoms with Gasteiger partial charge in [0.05, 0.1) is 14.2 Å². The Morgan fingerprint density at radius 3 is 2.39 bits per heavy atom. The Bertz CT molecular complexity index is 1250. The third-order valence-corrected chi connectivity index (χ3v) is 8.67. The monoisotopic (exact) mass is 558 g/mol. The van der Waals surface area contributed by atoms with Crippen LogP contribution >= 0.6 is 0 Å². The van der Waals surface area contributed by atoms with Gasteiger partial charge in [0.25, 0.3) is 0 Å². The van der Waals surface area contributed by atoms with Crippen LogP contribution in [0.5, 0.6) is 23.0 Å². The normalized spacial score (nSPS) is 17.4. The number of ether oxygens (including phenoxy) is 3. The molecule has 0 amide bonds. The van der Waals surface area contributed by atoms with Gasteiger partial charge in [0, 0.05) is 24.8 Å². The van der Waals surface area contributed by atoms with Crippen LogP contribution in [0, 0.1) is 0 Å². The number of hydrogen-bond acceptors (Lipinski definition) is 6. The lowest BCUT2D eigenvalue weighted by atomic mass is 9.79. The van der Waals surface area contributed by atoms with Crippen molar-refractivity contribution >= 4 is 5.69 Å². The van der Waals surface area contributed by atoms with Gasteiger partial charge >= 0.3 is 0 Å². The minimum absolute atomic E-state index is 0.348. The van der Waals surface area contributed by atoms with E-state index in [1.807, 2.05) is 6.07 Å². The highest BCUT2D eigenvalue weighted by atomic mass is 16.5. The Hall–Kier alpha value is -3.38. The summed E-state index contributed by atoms with van der Waals surface area (Å²) >= 11 is 0. The molecule has 1 aliphatic carbocycles. The van der Waals surface area contributed by atoms with Crippen molar-refractivity contribution in [3.05, 3.63) is 76.9 Å². The van der Waals surface area contributed by atoms with Crippen LogP contribution in [0.2, 0.25) is 0 Å². The minimum atomic E-state index is 0.348. The van der Waals surface area contributed by atoms with Crippen molar-refractivity contribution in [3.8, 4) is 23.0 Å². The fraction of sp³-hybridized carbons (Fsp3) is 0.486. The van der Waals surface area contributed by atoms with Crippen LogP contribution < -0.4 is 19.5 Å². The number of phenolic OH excluding ortho intramolecular Hbond substituents is 1. The summed E-state index contributed by atoms with van der Waals surface area (Å²) < 4.78 is 17.3. The lowest BCUT2D eigenvalue weighted by molar-refractivity contribution is 0.214. The number of likely N-dealkylation sites (tertiary alicyclic amines) is 1. The molecule has 41 heavy (non-hydrogen) atoms. The van der Waals surface area contributed by atoms with Gasteiger partial charge in [-0.25, -0.2) is 0 Å². The van der Waals surface area contributed by atoms with Crippen LogP contribution in [0.25, 0.3) is 0 Å². The Balaban J connectivity index is 1.15. The number of nitrogens with one attached hydrogen (secondary N) is 1. The molecule has 6 heteroatoms. The minimum Gasteiger partial charge on any atom is -0.508 e. The van der Waals surface area contributed by atoms with Gasteiger partial charge < -0.3 is 24.6 Å². The summed E-state index contributed by atoms with van der Waals surface area (Å²) in [4.78, 5) is 2.54. The van der Waals surface area contributed by atoms with Gasteiger partial charge in [-0.3, -0.25) is 4.90 Å². The number of nitrogens with zero attached hydrogens (tertiary/aromatic N) is 1. The highest BCUT2D eigenvalue weighted by Gasteiger charge is 2.24. The molecule has 2 N–H and O–H groups in total. The first kappa shape index (κ1) is 29.1. The van der Waals surface area contributed by atoms with Crippen LogP contribution in [0.15, 0.2) is 54.6 Å². The smallest absolute Gasteiger partial charge is 0.162 e. The molecule has 1 heterocycles. The maximum atomic E-state index is 9.90. The van der Waals surface area contributed by atoms with E-state index in [0.717, 1.165) is 74.7 Å². The third-order valence-electron chi connectivity index (χ3n) is 8.67. The summed E-state index contributed by atoms with van der Waals surface area (Å²) in [5.74, 6) is 3.19. The van der Waals surface area contributed by atoms with E-state index in [9.17, 15) is 5.11 Å². The van der Waals surface area contributed by atoms with Crippen LogP contribution in [-0.2, 0) is 19.3 Å². The van der Waals surface area contributed by atoms with E-state index in [-0.39, 0.29) is 0 Å². The number of fused-ring (bicyclic) bond motifs is 1. The van der Waals surface area contributed by atoms with Crippen molar-refractivity contribution in [3.63, 3.8) is 0 Å². The summed E-state index contributed by atoms with van der Waals surface area (Å²) in [7, 11) is 3.38. The molecular weight excluding hydrogens is 512 g/mol. The molecule has 1 atom stereocenters. The maximum Gasteiger partial charge on any atom is 0.162 e. The second kappa shape index (κ2) is 14.5. The zero-order valence-corrected chi connectivity index (χ0v) is 24.8. The number of hydrogen-bond donors (Lipinski definition) is 2. The largest absolute Gasteiger partial charge is 0.508 e. The van der Waals surface area contributed by atoms with E-state index in [0.29, 0.717) is 11.7 Å². The van der Waals surface area contributed by atoms with Gasteiger partial charge in [0.1, 0.15) is 18.1 Å². The first-order valence-corrected chi connectivity index (χ1v) is 15.4. The van der Waals surface area contributed by atoms with Crippen LogP contribution in [-0.4, -0.2) is 57.0 Å². The van der Waals surface area contributed by atoms with Crippen molar-refractivity contribution in [2.75, 3.05) is 52.3 Å². The predicted octanol–water partition coefficient (Wildman–Crippen LogP) is 6.98. The van der Waals surface area contributed by atoms with E-state index >= 15 is 0 Å². The van der Waals surface area contributed by atoms with Crippen molar-refractivity contribution in [1.29, 1.82) is 0 Å². The van der Waals surface area contributed by atoms with E-state index in [1.54, 1.807) is 20.3 Å². The second-order valence-electron chi connectivity index (χ2n) is 11.5. The fourth-order valence-electron chi connectivity index (χ4n) is 6.31. The van der Waals surface area contributed by atoms with E-state index in [4.69, 9.17) is 14.2 Å². The summed E-state index contributed by atoms with van der Waals surface area (Å²) in [6.07, 6.45) is 10.3. The SMILES string of the molecule is COc1cc(NCCCc2ccc(OCCN3CCCCCC3)cc2)c(C2CCc3cc(O)ccc3C2)cc1OC. The molecule has 0 spiro atoms. The number of anilines is 1. The van der Waals surface area contributed by atoms with Crippen molar-refractivity contribution in [2.45, 2.75) is 63.7 Å². The average molecular weight is 559 g/mol. The summed E-state index contributed by atoms with van der Waals surface area (Å²) in [6, 6.07) is 18.6. The van der Waals surface area contributed by atoms with Gasteiger partial charge in [0.2, 0.25) is 0 Å². The van der Waals surface area contributed by atoms with Crippen LogP contribution in [0.1, 0.15) is 66.7 Å². The molecule has 0 aromatic heterocycles. The van der Waals surface area contributed by atoms with Crippen LogP contribution in [0.3, 0.4) is 0 Å². The molecule has 1 aliphatic heterocycles. The molecule has 2 aliphatic rings. The highest BCUT2D eigenvalue weighted by molar-refractivity contribution is 5.62. The molecule has 3 aromatic rings. The molecule has 6 nitrogen and oxygen atoms in total. The van der Waals surface area contributed by atoms with Gasteiger partial charge in [-0.2, -0.15) is 0 Å². The molecule has 0 radical (unpaired) electrons. The Morgan fingerprint density at radius 1 is 0.878 bits per heavy atom. The predicted molar refractivity (Wildman–Crippen MR) is 166 cm³/mol. The molecule has 0 bridgehead atoms. The molecule has 1 fully saturated rings. The molecule has 3 aromatic carbocycles. The Morgan fingerprint density at radius 2 is 1.63 bits per heavy atom. The highest BCUT2D eigenvalue weighted by Crippen LogP contribution is 2.42. The molecule has 220 valence electrons. The quantitative estimate of drug-likeness (QED) is 0.234. The zero-order valence-electron chi connectivity index (χ0n) is 24.8. The van der Waals surface area contributed by atoms with Gasteiger partial charge in [-0.05, 0) is 117 Å². The van der Waals surface area contributed by atoms with Crippen molar-refractivity contribution < 1.29 is 19.3 Å². The van der Waals surface area contributed by atoms with E-state index < -0.39 is 0 Å². The summed E-state index contributed by atoms with van der Waals surface area (Å²) in [6.45, 7) is 5.06. The lowest BCUT2D eigenvalue weighted by Gasteiger charge is -2.28. The fourth-order valence-corrected chi connectivity index (χ4v) is 6.31. The molecule has 1 unspecified atom stereocenters. The number of benzene rings is 3. The Kier molecular flexibility index (Phi) is 10.3. The number of phenols is 1. The number of aromatic hydroxyl groups is 1. The van der Waals surface area contributed by atoms with E-state index in [1.165, 1.54) is 61.0 Å². The van der Waals surface area contributed by atoms with Crippen molar-refractivity contribution in [1.82, 2.24) is 4.90 Å². The Labute approximate surface area is 245 Å². The maximum absolute atomic E-state index is 9.90. The molecule has 5 rings (SSSR count). The topological polar surface area (TPSA) is 63.2 Å². The average Bonchev–Trinajstić information content (AvgIpc) is 3.28. The van der Waals surface area contributed by atoms with E-state index in [2.05, 4.69) is 52.7 Å². The summed E-state index contributed by atoms with van der Waals surface area (Å²) in [5.41, 5.74) is 6.27. The summed E-state index contributed by atoms with van der Waals surface area (Å²) in [5, 5.41) is 13.6. The van der Waals surface area contributed by atoms with Gasteiger partial charge in [-0.1, -0.05) is 31.0 Å². The molecular formula is C35H46N2O4. The molecule has 1 saturated heterocycles.